The zero-order valence-corrected chi connectivity index (χ0v) is 13.1. The van der Waals surface area contributed by atoms with Crippen LogP contribution in [0.3, 0.4) is 0 Å². The molecule has 3 amide bonds. The molecular formula is C11H8BrIN2O4. The van der Waals surface area contributed by atoms with Crippen molar-refractivity contribution in [2.45, 2.75) is 0 Å². The van der Waals surface area contributed by atoms with Crippen LogP contribution in [0.25, 0.3) is 0 Å². The van der Waals surface area contributed by atoms with Crippen molar-refractivity contribution in [1.29, 1.82) is 0 Å². The average Bonchev–Trinajstić information content (AvgIpc) is 2.31. The summed E-state index contributed by atoms with van der Waals surface area (Å²) in [5.74, 6) is -2.08. The molecule has 3 N–H and O–H groups in total. The van der Waals surface area contributed by atoms with Crippen molar-refractivity contribution in [1.82, 2.24) is 5.32 Å². The van der Waals surface area contributed by atoms with Crippen LogP contribution in [0, 0.1) is 3.57 Å². The molecule has 1 aromatic rings. The molecule has 0 fully saturated rings. The monoisotopic (exact) mass is 438 g/mol. The molecule has 0 saturated heterocycles. The fraction of sp³-hybridized carbons (Fsp3) is 0. The summed E-state index contributed by atoms with van der Waals surface area (Å²) in [6.45, 7) is 0. The summed E-state index contributed by atoms with van der Waals surface area (Å²) in [7, 11) is 0. The van der Waals surface area contributed by atoms with Crippen LogP contribution in [-0.4, -0.2) is 23.0 Å². The maximum atomic E-state index is 11.4. The van der Waals surface area contributed by atoms with Crippen molar-refractivity contribution in [2.24, 2.45) is 0 Å². The summed E-state index contributed by atoms with van der Waals surface area (Å²) in [4.78, 5) is 32.7. The van der Waals surface area contributed by atoms with Crippen LogP contribution in [0.4, 0.5) is 10.5 Å². The first-order valence-electron chi connectivity index (χ1n) is 4.86. The largest absolute Gasteiger partial charge is 0.478 e. The third kappa shape index (κ3) is 5.83. The predicted molar refractivity (Wildman–Crippen MR) is 80.8 cm³/mol. The molecular weight excluding hydrogens is 431 g/mol. The molecule has 0 atom stereocenters. The molecule has 1 aromatic carbocycles. The van der Waals surface area contributed by atoms with Crippen molar-refractivity contribution in [3.05, 3.63) is 38.4 Å². The van der Waals surface area contributed by atoms with E-state index < -0.39 is 17.9 Å². The summed E-state index contributed by atoms with van der Waals surface area (Å²) < 4.78 is 1.78. The van der Waals surface area contributed by atoms with E-state index in [-0.39, 0.29) is 0 Å². The summed E-state index contributed by atoms with van der Waals surface area (Å²) in [6.07, 6.45) is 1.40. The maximum absolute atomic E-state index is 11.4. The SMILES string of the molecule is O=C(O)/C=C/C(=O)NC(=O)Nc1ccc(I)c(Br)c1. The number of urea groups is 1. The van der Waals surface area contributed by atoms with E-state index in [0.29, 0.717) is 11.8 Å². The molecule has 19 heavy (non-hydrogen) atoms. The Hall–Kier alpha value is -1.42. The van der Waals surface area contributed by atoms with Crippen LogP contribution in [-0.2, 0) is 9.59 Å². The summed E-state index contributed by atoms with van der Waals surface area (Å²) in [6, 6.07) is 4.39. The second-order valence-corrected chi connectivity index (χ2v) is 5.26. The molecule has 1 rings (SSSR count). The number of anilines is 1. The Balaban J connectivity index is 2.58. The van der Waals surface area contributed by atoms with E-state index in [4.69, 9.17) is 5.11 Å². The quantitative estimate of drug-likeness (QED) is 0.498. The standard InChI is InChI=1S/C11H8BrIN2O4/c12-7-5-6(1-2-8(7)13)14-11(19)15-9(16)3-4-10(17)18/h1-5H,(H,17,18)(H2,14,15,16,19)/b4-3+. The van der Waals surface area contributed by atoms with Gasteiger partial charge in [-0.3, -0.25) is 10.1 Å². The molecule has 0 heterocycles. The highest BCUT2D eigenvalue weighted by molar-refractivity contribution is 14.1. The summed E-state index contributed by atoms with van der Waals surface area (Å²) in [5.41, 5.74) is 0.500. The molecule has 0 bridgehead atoms. The lowest BCUT2D eigenvalue weighted by Crippen LogP contribution is -2.33. The highest BCUT2D eigenvalue weighted by Crippen LogP contribution is 2.22. The normalized spacial score (nSPS) is 10.2. The molecule has 0 aliphatic carbocycles. The number of carbonyl (C=O) groups excluding carboxylic acids is 2. The van der Waals surface area contributed by atoms with Crippen LogP contribution < -0.4 is 10.6 Å². The number of hydrogen-bond donors (Lipinski definition) is 3. The molecule has 6 nitrogen and oxygen atoms in total. The lowest BCUT2D eigenvalue weighted by atomic mass is 10.3. The van der Waals surface area contributed by atoms with Gasteiger partial charge in [-0.15, -0.1) is 0 Å². The number of hydrogen-bond acceptors (Lipinski definition) is 3. The van der Waals surface area contributed by atoms with Crippen LogP contribution in [0.1, 0.15) is 0 Å². The number of amides is 3. The van der Waals surface area contributed by atoms with E-state index in [1.54, 1.807) is 18.2 Å². The highest BCUT2D eigenvalue weighted by atomic mass is 127. The minimum absolute atomic E-state index is 0.500. The van der Waals surface area contributed by atoms with Gasteiger partial charge in [-0.2, -0.15) is 0 Å². The van der Waals surface area contributed by atoms with Crippen molar-refractivity contribution in [3.8, 4) is 0 Å². The van der Waals surface area contributed by atoms with E-state index in [1.165, 1.54) is 0 Å². The number of nitrogens with one attached hydrogen (secondary N) is 2. The number of benzene rings is 1. The Kier molecular flexibility index (Phi) is 5.96. The number of carboxylic acid groups (broad SMARTS) is 1. The number of rotatable bonds is 3. The Labute approximate surface area is 130 Å². The zero-order chi connectivity index (χ0) is 14.4. The number of carbonyl (C=O) groups is 3. The van der Waals surface area contributed by atoms with E-state index in [0.717, 1.165) is 14.1 Å². The van der Waals surface area contributed by atoms with E-state index >= 15 is 0 Å². The Morgan fingerprint density at radius 3 is 2.53 bits per heavy atom. The average molecular weight is 439 g/mol. The van der Waals surface area contributed by atoms with Gasteiger partial charge >= 0.3 is 12.0 Å². The van der Waals surface area contributed by atoms with E-state index in [2.05, 4.69) is 43.8 Å². The molecule has 0 spiro atoms. The van der Waals surface area contributed by atoms with Crippen molar-refractivity contribution in [2.75, 3.05) is 5.32 Å². The van der Waals surface area contributed by atoms with Crippen LogP contribution in [0.5, 0.6) is 0 Å². The van der Waals surface area contributed by atoms with Gasteiger partial charge in [0.05, 0.1) is 0 Å². The second kappa shape index (κ2) is 7.24. The van der Waals surface area contributed by atoms with Gasteiger partial charge in [0.15, 0.2) is 0 Å². The lowest BCUT2D eigenvalue weighted by Gasteiger charge is -2.06. The van der Waals surface area contributed by atoms with Gasteiger partial charge in [-0.05, 0) is 56.7 Å². The Bertz CT molecular complexity index is 560. The first kappa shape index (κ1) is 15.6. The van der Waals surface area contributed by atoms with Crippen LogP contribution in [0.2, 0.25) is 0 Å². The van der Waals surface area contributed by atoms with E-state index in [9.17, 15) is 14.4 Å². The first-order valence-corrected chi connectivity index (χ1v) is 6.73. The number of imide groups is 1. The topological polar surface area (TPSA) is 95.5 Å². The van der Waals surface area contributed by atoms with Gasteiger partial charge in [0, 0.05) is 25.9 Å². The second-order valence-electron chi connectivity index (χ2n) is 3.24. The van der Waals surface area contributed by atoms with Crippen molar-refractivity contribution in [3.63, 3.8) is 0 Å². The molecule has 100 valence electrons. The lowest BCUT2D eigenvalue weighted by molar-refractivity contribution is -0.131. The van der Waals surface area contributed by atoms with Crippen molar-refractivity contribution >= 4 is 62.1 Å². The van der Waals surface area contributed by atoms with Gasteiger partial charge in [0.1, 0.15) is 0 Å². The predicted octanol–water partition coefficient (Wildman–Crippen LogP) is 2.34. The molecule has 0 aromatic heterocycles. The molecule has 0 saturated carbocycles. The van der Waals surface area contributed by atoms with E-state index in [1.807, 2.05) is 5.32 Å². The van der Waals surface area contributed by atoms with Gasteiger partial charge in [0.25, 0.3) is 5.91 Å². The van der Waals surface area contributed by atoms with Crippen LogP contribution in [0.15, 0.2) is 34.8 Å². The summed E-state index contributed by atoms with van der Waals surface area (Å²) >= 11 is 5.42. The highest BCUT2D eigenvalue weighted by Gasteiger charge is 2.06. The van der Waals surface area contributed by atoms with Crippen molar-refractivity contribution < 1.29 is 19.5 Å². The van der Waals surface area contributed by atoms with Gasteiger partial charge in [0.2, 0.25) is 0 Å². The molecule has 0 unspecified atom stereocenters. The number of halogens is 2. The molecule has 0 aliphatic rings. The minimum atomic E-state index is -1.27. The fourth-order valence-corrected chi connectivity index (χ4v) is 1.75. The smallest absolute Gasteiger partial charge is 0.328 e. The van der Waals surface area contributed by atoms with Gasteiger partial charge < -0.3 is 10.4 Å². The Morgan fingerprint density at radius 1 is 1.26 bits per heavy atom. The van der Waals surface area contributed by atoms with Gasteiger partial charge in [-0.1, -0.05) is 0 Å². The fourth-order valence-electron chi connectivity index (χ4n) is 1.04. The first-order chi connectivity index (χ1) is 8.88. The molecule has 0 radical (unpaired) electrons. The van der Waals surface area contributed by atoms with Crippen LogP contribution >= 0.6 is 38.5 Å². The number of carboxylic acids is 1. The minimum Gasteiger partial charge on any atom is -0.478 e. The molecule has 8 heteroatoms. The number of aliphatic carboxylic acids is 1. The Morgan fingerprint density at radius 2 is 1.95 bits per heavy atom. The maximum Gasteiger partial charge on any atom is 0.328 e. The third-order valence-corrected chi connectivity index (χ3v) is 4.13. The van der Waals surface area contributed by atoms with Gasteiger partial charge in [-0.25, -0.2) is 9.59 Å². The third-order valence-electron chi connectivity index (χ3n) is 1.79. The molecule has 0 aliphatic heterocycles. The summed E-state index contributed by atoms with van der Waals surface area (Å²) in [5, 5.41) is 12.7. The zero-order valence-electron chi connectivity index (χ0n) is 9.31.